The van der Waals surface area contributed by atoms with Crippen molar-refractivity contribution in [1.82, 2.24) is 9.13 Å². The van der Waals surface area contributed by atoms with Crippen LogP contribution in [0.4, 0.5) is 18.9 Å². The number of fused-ring (bicyclic) bond motifs is 6. The second-order valence-electron chi connectivity index (χ2n) is 11.4. The number of benzene rings is 6. The number of halogens is 3. The molecule has 2 heterocycles. The van der Waals surface area contributed by atoms with E-state index < -0.39 is 11.7 Å². The van der Waals surface area contributed by atoms with E-state index in [1.54, 1.807) is 54.6 Å². The Bertz CT molecular complexity index is 2760. The Morgan fingerprint density at radius 2 is 1.15 bits per heavy atom. The van der Waals surface area contributed by atoms with Crippen LogP contribution in [0.15, 0.2) is 121 Å². The first-order chi connectivity index (χ1) is 23.3. The van der Waals surface area contributed by atoms with Gasteiger partial charge in [-0.2, -0.15) is 23.7 Å². The van der Waals surface area contributed by atoms with Crippen molar-refractivity contribution in [1.29, 1.82) is 10.5 Å². The lowest BCUT2D eigenvalue weighted by molar-refractivity contribution is -0.137. The average molecular weight is 628 g/mol. The molecular weight excluding hydrogens is 607 g/mol. The maximum atomic E-state index is 14.7. The van der Waals surface area contributed by atoms with Crippen LogP contribution >= 0.6 is 0 Å². The highest BCUT2D eigenvalue weighted by Crippen LogP contribution is 2.44. The summed E-state index contributed by atoms with van der Waals surface area (Å²) >= 11 is 0. The largest absolute Gasteiger partial charge is 0.417 e. The Kier molecular flexibility index (Phi) is 6.34. The van der Waals surface area contributed by atoms with Gasteiger partial charge in [0.25, 0.3) is 0 Å². The first-order valence-corrected chi connectivity index (χ1v) is 14.9. The quantitative estimate of drug-likeness (QED) is 0.183. The summed E-state index contributed by atoms with van der Waals surface area (Å²) in [5.41, 5.74) is 4.22. The minimum atomic E-state index is -4.66. The van der Waals surface area contributed by atoms with Crippen LogP contribution in [0.3, 0.4) is 0 Å². The fourth-order valence-corrected chi connectivity index (χ4v) is 6.81. The number of nitrogens with zero attached hydrogens (tertiary/aromatic N) is 5. The Morgan fingerprint density at radius 3 is 1.79 bits per heavy atom. The van der Waals surface area contributed by atoms with E-state index in [-0.39, 0.29) is 16.7 Å². The second kappa shape index (κ2) is 10.6. The number of nitriles is 2. The molecule has 0 aliphatic carbocycles. The van der Waals surface area contributed by atoms with Crippen molar-refractivity contribution in [3.05, 3.63) is 149 Å². The molecular formula is C40H20F3N5. The van der Waals surface area contributed by atoms with Gasteiger partial charge in [-0.1, -0.05) is 60.7 Å². The summed E-state index contributed by atoms with van der Waals surface area (Å²) in [7, 11) is 0. The first-order valence-electron chi connectivity index (χ1n) is 14.9. The number of hydrogen-bond donors (Lipinski definition) is 0. The van der Waals surface area contributed by atoms with Gasteiger partial charge in [-0.25, -0.2) is 4.85 Å². The molecule has 0 saturated heterocycles. The highest BCUT2D eigenvalue weighted by Gasteiger charge is 2.34. The maximum Gasteiger partial charge on any atom is 0.417 e. The van der Waals surface area contributed by atoms with Gasteiger partial charge in [-0.3, -0.25) is 0 Å². The number of hydrogen-bond acceptors (Lipinski definition) is 2. The lowest BCUT2D eigenvalue weighted by atomic mass is 9.95. The first kappa shape index (κ1) is 28.6. The molecule has 48 heavy (non-hydrogen) atoms. The zero-order valence-electron chi connectivity index (χ0n) is 24.9. The molecule has 226 valence electrons. The highest BCUT2D eigenvalue weighted by atomic mass is 19.4. The summed E-state index contributed by atoms with van der Waals surface area (Å²) in [6.07, 6.45) is -4.66. The Hall–Kier alpha value is -6.82. The third kappa shape index (κ3) is 4.23. The fraction of sp³-hybridized carbons (Fsp3) is 0.0250. The van der Waals surface area contributed by atoms with Crippen molar-refractivity contribution in [3.8, 4) is 34.6 Å². The summed E-state index contributed by atoms with van der Waals surface area (Å²) in [5, 5.41) is 23.5. The molecule has 0 bridgehead atoms. The lowest BCUT2D eigenvalue weighted by Gasteiger charge is -2.21. The Balaban J connectivity index is 1.55. The summed E-state index contributed by atoms with van der Waals surface area (Å²) in [5.74, 6) is 0. The van der Waals surface area contributed by atoms with Crippen LogP contribution in [0, 0.1) is 29.2 Å². The van der Waals surface area contributed by atoms with Crippen molar-refractivity contribution in [2.24, 2.45) is 0 Å². The number of aromatic nitrogens is 2. The number of alkyl halides is 3. The van der Waals surface area contributed by atoms with Crippen molar-refractivity contribution in [2.45, 2.75) is 6.18 Å². The Morgan fingerprint density at radius 1 is 0.562 bits per heavy atom. The van der Waals surface area contributed by atoms with Crippen LogP contribution in [-0.2, 0) is 6.18 Å². The zero-order chi connectivity index (χ0) is 33.2. The topological polar surface area (TPSA) is 61.8 Å². The summed E-state index contributed by atoms with van der Waals surface area (Å²) < 4.78 is 47.8. The van der Waals surface area contributed by atoms with Crippen molar-refractivity contribution in [2.75, 3.05) is 0 Å². The molecule has 0 N–H and O–H groups in total. The molecule has 0 radical (unpaired) electrons. The van der Waals surface area contributed by atoms with Gasteiger partial charge in [0.05, 0.1) is 62.8 Å². The van der Waals surface area contributed by atoms with Gasteiger partial charge in [-0.05, 0) is 71.6 Å². The molecule has 0 spiro atoms. The number of rotatable bonds is 3. The lowest BCUT2D eigenvalue weighted by Crippen LogP contribution is -2.09. The van der Waals surface area contributed by atoms with Crippen LogP contribution in [0.25, 0.3) is 71.0 Å². The zero-order valence-corrected chi connectivity index (χ0v) is 24.9. The van der Waals surface area contributed by atoms with E-state index in [9.17, 15) is 23.7 Å². The molecule has 8 heteroatoms. The van der Waals surface area contributed by atoms with E-state index in [2.05, 4.69) is 17.0 Å². The molecule has 0 fully saturated rings. The van der Waals surface area contributed by atoms with Crippen LogP contribution < -0.4 is 0 Å². The summed E-state index contributed by atoms with van der Waals surface area (Å²) in [6.45, 7) is 7.57. The molecule has 8 aromatic rings. The third-order valence-corrected chi connectivity index (χ3v) is 8.83. The van der Waals surface area contributed by atoms with Crippen molar-refractivity contribution >= 4 is 49.3 Å². The van der Waals surface area contributed by atoms with E-state index in [0.717, 1.165) is 38.6 Å². The highest BCUT2D eigenvalue weighted by molar-refractivity contribution is 6.12. The van der Waals surface area contributed by atoms with Gasteiger partial charge in [0.2, 0.25) is 0 Å². The van der Waals surface area contributed by atoms with E-state index in [1.807, 2.05) is 57.7 Å². The van der Waals surface area contributed by atoms with Gasteiger partial charge in [-0.15, -0.1) is 0 Å². The molecule has 2 aromatic heterocycles. The molecule has 0 unspecified atom stereocenters. The summed E-state index contributed by atoms with van der Waals surface area (Å²) in [6, 6.07) is 38.9. The monoisotopic (exact) mass is 627 g/mol. The minimum absolute atomic E-state index is 0.0398. The molecule has 0 atom stereocenters. The Labute approximate surface area is 272 Å². The molecule has 8 rings (SSSR count). The van der Waals surface area contributed by atoms with Gasteiger partial charge in [0.15, 0.2) is 5.69 Å². The standard InChI is InChI=1S/C40H20F3N5/c1-46-26-15-17-37-31(20-26)29-10-4-7-13-35(29)48(37)39-19-25(23-45)38(21-32(39)27-8-2-5-11-33(27)40(41,42)43)47-34-12-6-3-9-28(34)30-18-24(22-44)14-16-36(30)47/h2-21H. The minimum Gasteiger partial charge on any atom is -0.309 e. The van der Waals surface area contributed by atoms with Crippen LogP contribution in [-0.4, -0.2) is 9.13 Å². The predicted octanol–water partition coefficient (Wildman–Crippen LogP) is 10.9. The smallest absolute Gasteiger partial charge is 0.309 e. The van der Waals surface area contributed by atoms with Gasteiger partial charge in [0, 0.05) is 21.7 Å². The van der Waals surface area contributed by atoms with E-state index in [1.165, 1.54) is 12.1 Å². The normalized spacial score (nSPS) is 11.6. The van der Waals surface area contributed by atoms with E-state index in [4.69, 9.17) is 6.57 Å². The van der Waals surface area contributed by atoms with Crippen LogP contribution in [0.2, 0.25) is 0 Å². The van der Waals surface area contributed by atoms with E-state index in [0.29, 0.717) is 33.7 Å². The van der Waals surface area contributed by atoms with Crippen LogP contribution in [0.1, 0.15) is 16.7 Å². The van der Waals surface area contributed by atoms with Gasteiger partial charge in [0.1, 0.15) is 6.07 Å². The molecule has 0 aliphatic heterocycles. The summed E-state index contributed by atoms with van der Waals surface area (Å²) in [4.78, 5) is 3.59. The van der Waals surface area contributed by atoms with Crippen molar-refractivity contribution < 1.29 is 13.2 Å². The molecule has 0 saturated carbocycles. The molecule has 0 aliphatic rings. The van der Waals surface area contributed by atoms with Gasteiger partial charge >= 0.3 is 6.18 Å². The predicted molar refractivity (Wildman–Crippen MR) is 181 cm³/mol. The second-order valence-corrected chi connectivity index (χ2v) is 11.4. The molecule has 0 amide bonds. The molecule has 5 nitrogen and oxygen atoms in total. The fourth-order valence-electron chi connectivity index (χ4n) is 6.81. The average Bonchev–Trinajstić information content (AvgIpc) is 3.62. The van der Waals surface area contributed by atoms with Crippen molar-refractivity contribution in [3.63, 3.8) is 0 Å². The third-order valence-electron chi connectivity index (χ3n) is 8.83. The number of para-hydroxylation sites is 2. The maximum absolute atomic E-state index is 14.7. The van der Waals surface area contributed by atoms with E-state index >= 15 is 0 Å². The molecule has 6 aromatic carbocycles. The van der Waals surface area contributed by atoms with Gasteiger partial charge < -0.3 is 9.13 Å². The van der Waals surface area contributed by atoms with Crippen LogP contribution in [0.5, 0.6) is 0 Å². The SMILES string of the molecule is [C-]#[N+]c1ccc2c(c1)c1ccccc1n2-c1cc(C#N)c(-n2c3ccccc3c3cc(C#N)ccc32)cc1-c1ccccc1C(F)(F)F.